The average molecular weight is 501 g/mol. The minimum Gasteiger partial charge on any atom is -0.492 e. The lowest BCUT2D eigenvalue weighted by molar-refractivity contribution is -0.139. The molecular weight excluding hydrogens is 459 g/mol. The molecule has 0 radical (unpaired) electrons. The molecule has 0 N–H and O–H groups in total. The van der Waals surface area contributed by atoms with Crippen LogP contribution in [0.25, 0.3) is 0 Å². The maximum Gasteiger partial charge on any atom is 0.335 e. The van der Waals surface area contributed by atoms with Crippen molar-refractivity contribution in [1.29, 1.82) is 0 Å². The summed E-state index contributed by atoms with van der Waals surface area (Å²) in [5.41, 5.74) is -0.0922. The van der Waals surface area contributed by atoms with E-state index in [2.05, 4.69) is 11.7 Å². The lowest BCUT2D eigenvalue weighted by atomic mass is 10.0. The number of rotatable bonds is 20. The molecule has 1 rings (SSSR count). The summed E-state index contributed by atoms with van der Waals surface area (Å²) < 4.78 is 46.7. The number of ketones is 1. The molecule has 8 heteroatoms. The highest BCUT2D eigenvalue weighted by atomic mass is 32.3. The molecule has 1 aromatic carbocycles. The van der Waals surface area contributed by atoms with Crippen LogP contribution in [0.4, 0.5) is 3.89 Å². The van der Waals surface area contributed by atoms with Crippen LogP contribution >= 0.6 is 0 Å². The number of carbonyl (C=O) groups is 2. The van der Waals surface area contributed by atoms with Gasteiger partial charge < -0.3 is 9.47 Å². The molecule has 0 aromatic heterocycles. The molecule has 0 aliphatic rings. The first-order valence-corrected chi connectivity index (χ1v) is 14.0. The SMILES string of the molecule is CCCCCCCCCCCCCCCCOc1ccc(C(=O)CC(=O)OC)cc1S(=O)(=O)F. The normalized spacial score (nSPS) is 11.4. The first-order chi connectivity index (χ1) is 16.3. The molecule has 0 amide bonds. The van der Waals surface area contributed by atoms with E-state index in [0.717, 1.165) is 38.9 Å². The molecule has 0 aliphatic carbocycles. The largest absolute Gasteiger partial charge is 0.492 e. The molecule has 1 aromatic rings. The van der Waals surface area contributed by atoms with Crippen LogP contribution < -0.4 is 4.74 Å². The molecule has 0 bridgehead atoms. The summed E-state index contributed by atoms with van der Waals surface area (Å²) in [4.78, 5) is 22.6. The zero-order chi connectivity index (χ0) is 25.2. The molecule has 0 aliphatic heterocycles. The van der Waals surface area contributed by atoms with Crippen molar-refractivity contribution in [3.05, 3.63) is 23.8 Å². The molecule has 0 saturated heterocycles. The summed E-state index contributed by atoms with van der Waals surface area (Å²) in [5.74, 6) is -1.55. The summed E-state index contributed by atoms with van der Waals surface area (Å²) in [6.07, 6.45) is 16.6. The Morgan fingerprint density at radius 1 is 0.824 bits per heavy atom. The smallest absolute Gasteiger partial charge is 0.335 e. The van der Waals surface area contributed by atoms with Crippen LogP contribution in [-0.2, 0) is 19.8 Å². The molecular formula is C26H41FO6S. The van der Waals surface area contributed by atoms with Crippen LogP contribution in [0.15, 0.2) is 23.1 Å². The Hall–Kier alpha value is -1.96. The molecule has 0 fully saturated rings. The molecule has 194 valence electrons. The summed E-state index contributed by atoms with van der Waals surface area (Å²) in [6.45, 7) is 2.50. The number of halogens is 1. The average Bonchev–Trinajstić information content (AvgIpc) is 2.80. The van der Waals surface area contributed by atoms with Gasteiger partial charge in [-0.1, -0.05) is 90.4 Å². The van der Waals surface area contributed by atoms with E-state index in [4.69, 9.17) is 4.74 Å². The van der Waals surface area contributed by atoms with E-state index in [9.17, 15) is 21.9 Å². The Labute approximate surface area is 204 Å². The Kier molecular flexibility index (Phi) is 15.5. The minimum absolute atomic E-state index is 0.0922. The van der Waals surface area contributed by atoms with Crippen LogP contribution in [0.1, 0.15) is 114 Å². The Morgan fingerprint density at radius 3 is 1.79 bits per heavy atom. The van der Waals surface area contributed by atoms with Crippen molar-refractivity contribution in [3.8, 4) is 5.75 Å². The van der Waals surface area contributed by atoms with Gasteiger partial charge in [-0.3, -0.25) is 9.59 Å². The molecule has 0 spiro atoms. The molecule has 0 heterocycles. The zero-order valence-electron chi connectivity index (χ0n) is 20.8. The van der Waals surface area contributed by atoms with E-state index in [1.54, 1.807) is 0 Å². The second kappa shape index (κ2) is 17.5. The van der Waals surface area contributed by atoms with Gasteiger partial charge in [0.25, 0.3) is 0 Å². The van der Waals surface area contributed by atoms with Crippen molar-refractivity contribution in [2.24, 2.45) is 0 Å². The van der Waals surface area contributed by atoms with Crippen LogP contribution in [0, 0.1) is 0 Å². The van der Waals surface area contributed by atoms with Gasteiger partial charge in [-0.2, -0.15) is 8.42 Å². The van der Waals surface area contributed by atoms with Crippen molar-refractivity contribution in [3.63, 3.8) is 0 Å². The second-order valence-corrected chi connectivity index (χ2v) is 10.0. The number of hydrogen-bond acceptors (Lipinski definition) is 6. The monoisotopic (exact) mass is 500 g/mol. The summed E-state index contributed by atoms with van der Waals surface area (Å²) in [5, 5.41) is 0. The first kappa shape index (κ1) is 30.1. The van der Waals surface area contributed by atoms with E-state index in [-0.39, 0.29) is 17.9 Å². The minimum atomic E-state index is -5.09. The van der Waals surface area contributed by atoms with Crippen LogP contribution in [0.2, 0.25) is 0 Å². The Balaban J connectivity index is 2.27. The van der Waals surface area contributed by atoms with Crippen molar-refractivity contribution >= 4 is 22.0 Å². The number of unbranched alkanes of at least 4 members (excludes halogenated alkanes) is 13. The number of methoxy groups -OCH3 is 1. The van der Waals surface area contributed by atoms with Gasteiger partial charge in [0, 0.05) is 5.56 Å². The molecule has 0 atom stereocenters. The number of benzene rings is 1. The fourth-order valence-electron chi connectivity index (χ4n) is 3.78. The standard InChI is InChI=1S/C26H41FO6S/c1-3-4-5-6-7-8-9-10-11-12-13-14-15-16-19-33-24-18-17-22(20-25(24)34(27,30)31)23(28)21-26(29)32-2/h17-18,20H,3-16,19,21H2,1-2H3. The van der Waals surface area contributed by atoms with Crippen molar-refractivity contribution < 1.29 is 31.4 Å². The number of Topliss-reactive ketones (excluding diaryl/α,β-unsaturated/α-hetero) is 1. The predicted octanol–water partition coefficient (Wildman–Crippen LogP) is 6.95. The van der Waals surface area contributed by atoms with Gasteiger partial charge in [0.15, 0.2) is 5.78 Å². The van der Waals surface area contributed by atoms with Gasteiger partial charge in [-0.05, 0) is 24.6 Å². The Morgan fingerprint density at radius 2 is 1.32 bits per heavy atom. The molecule has 6 nitrogen and oxygen atoms in total. The lowest BCUT2D eigenvalue weighted by Crippen LogP contribution is -2.11. The third kappa shape index (κ3) is 13.1. The van der Waals surface area contributed by atoms with Crippen LogP contribution in [-0.4, -0.2) is 33.9 Å². The van der Waals surface area contributed by atoms with E-state index < -0.39 is 33.3 Å². The fourth-order valence-corrected chi connectivity index (χ4v) is 4.41. The highest BCUT2D eigenvalue weighted by molar-refractivity contribution is 7.86. The predicted molar refractivity (Wildman–Crippen MR) is 132 cm³/mol. The lowest BCUT2D eigenvalue weighted by Gasteiger charge is -2.11. The van der Waals surface area contributed by atoms with E-state index in [1.165, 1.54) is 76.3 Å². The van der Waals surface area contributed by atoms with Crippen molar-refractivity contribution in [1.82, 2.24) is 0 Å². The number of esters is 1. The number of ether oxygens (including phenoxy) is 2. The summed E-state index contributed by atoms with van der Waals surface area (Å²) >= 11 is 0. The molecule has 0 saturated carbocycles. The van der Waals surface area contributed by atoms with Crippen molar-refractivity contribution in [2.45, 2.75) is 108 Å². The highest BCUT2D eigenvalue weighted by Crippen LogP contribution is 2.28. The zero-order valence-corrected chi connectivity index (χ0v) is 21.6. The molecule has 0 unspecified atom stereocenters. The topological polar surface area (TPSA) is 86.7 Å². The third-order valence-electron chi connectivity index (χ3n) is 5.82. The fraction of sp³-hybridized carbons (Fsp3) is 0.692. The van der Waals surface area contributed by atoms with E-state index >= 15 is 0 Å². The van der Waals surface area contributed by atoms with Gasteiger partial charge in [0.05, 0.1) is 13.7 Å². The third-order valence-corrected chi connectivity index (χ3v) is 6.66. The van der Waals surface area contributed by atoms with Crippen molar-refractivity contribution in [2.75, 3.05) is 13.7 Å². The Bertz CT molecular complexity index is 838. The van der Waals surface area contributed by atoms with Crippen LogP contribution in [0.5, 0.6) is 5.75 Å². The van der Waals surface area contributed by atoms with Gasteiger partial charge >= 0.3 is 16.2 Å². The van der Waals surface area contributed by atoms with Gasteiger partial charge in [-0.25, -0.2) is 0 Å². The quantitative estimate of drug-likeness (QED) is 0.0633. The maximum absolute atomic E-state index is 13.7. The second-order valence-electron chi connectivity index (χ2n) is 8.72. The summed E-state index contributed by atoms with van der Waals surface area (Å²) in [7, 11) is -3.95. The molecule has 34 heavy (non-hydrogen) atoms. The summed E-state index contributed by atoms with van der Waals surface area (Å²) in [6, 6.07) is 3.47. The van der Waals surface area contributed by atoms with Gasteiger partial charge in [0.1, 0.15) is 17.1 Å². The first-order valence-electron chi connectivity index (χ1n) is 12.6. The van der Waals surface area contributed by atoms with Gasteiger partial charge in [-0.15, -0.1) is 3.89 Å². The maximum atomic E-state index is 13.7. The van der Waals surface area contributed by atoms with E-state index in [1.807, 2.05) is 0 Å². The highest BCUT2D eigenvalue weighted by Gasteiger charge is 2.22. The number of hydrogen-bond donors (Lipinski definition) is 0. The number of carbonyl (C=O) groups excluding carboxylic acids is 2. The van der Waals surface area contributed by atoms with Gasteiger partial charge in [0.2, 0.25) is 0 Å². The van der Waals surface area contributed by atoms with Crippen LogP contribution in [0.3, 0.4) is 0 Å². The van der Waals surface area contributed by atoms with E-state index in [0.29, 0.717) is 0 Å².